The van der Waals surface area contributed by atoms with Crippen LogP contribution in [0.2, 0.25) is 0 Å². The predicted octanol–water partition coefficient (Wildman–Crippen LogP) is 4.41. The number of aliphatic hydroxyl groups is 1. The molecule has 7 nitrogen and oxygen atoms in total. The highest BCUT2D eigenvalue weighted by molar-refractivity contribution is 5.89. The molecule has 0 amide bonds. The van der Waals surface area contributed by atoms with Crippen LogP contribution in [0.5, 0.6) is 5.75 Å². The second-order valence-corrected chi connectivity index (χ2v) is 7.92. The van der Waals surface area contributed by atoms with E-state index in [1.54, 1.807) is 0 Å². The molecule has 7 heteroatoms. The van der Waals surface area contributed by atoms with Crippen molar-refractivity contribution in [2.24, 2.45) is 0 Å². The van der Waals surface area contributed by atoms with Gasteiger partial charge in [-0.1, -0.05) is 42.0 Å². The standard InChI is InChI=1S/C22H33NO2.C4H4O4/c1-6-16-23(5)17-7-8-18-25-21-13-11-20(12-14-21)22(4,24)15-9-10-19(2)3;5-3(6)1-2-4(7)8/h6-8,10-14,24H,1,9,15-18H2,2-5H3;1-2H,(H,5,6)(H,7,8). The molecule has 3 N–H and O–H groups in total. The van der Waals surface area contributed by atoms with Crippen LogP contribution in [-0.2, 0) is 15.2 Å². The van der Waals surface area contributed by atoms with E-state index in [0.29, 0.717) is 25.2 Å². The summed E-state index contributed by atoms with van der Waals surface area (Å²) in [5, 5.41) is 26.3. The molecule has 1 rings (SSSR count). The summed E-state index contributed by atoms with van der Waals surface area (Å²) in [6.45, 7) is 12.0. The second-order valence-electron chi connectivity index (χ2n) is 7.92. The Morgan fingerprint density at radius 1 is 1.06 bits per heavy atom. The number of aliphatic carboxylic acids is 2. The van der Waals surface area contributed by atoms with Gasteiger partial charge in [-0.3, -0.25) is 4.90 Å². The van der Waals surface area contributed by atoms with E-state index in [0.717, 1.165) is 30.8 Å². The first kappa shape index (κ1) is 29.8. The first-order valence-corrected chi connectivity index (χ1v) is 10.7. The molecular formula is C26H37NO6. The molecule has 0 spiro atoms. The number of ether oxygens (including phenoxy) is 1. The van der Waals surface area contributed by atoms with E-state index in [1.807, 2.05) is 43.3 Å². The highest BCUT2D eigenvalue weighted by atomic mass is 16.5. The van der Waals surface area contributed by atoms with Gasteiger partial charge in [0.05, 0.1) is 5.60 Å². The average molecular weight is 460 g/mol. The normalized spacial score (nSPS) is 12.7. The zero-order valence-corrected chi connectivity index (χ0v) is 20.0. The molecular weight excluding hydrogens is 422 g/mol. The summed E-state index contributed by atoms with van der Waals surface area (Å²) in [7, 11) is 2.05. The monoisotopic (exact) mass is 459 g/mol. The molecule has 0 aliphatic rings. The van der Waals surface area contributed by atoms with Crippen LogP contribution >= 0.6 is 0 Å². The number of allylic oxidation sites excluding steroid dienone is 2. The maximum absolute atomic E-state index is 10.6. The number of hydrogen-bond donors (Lipinski definition) is 3. The van der Waals surface area contributed by atoms with Crippen molar-refractivity contribution in [3.05, 3.63) is 78.4 Å². The van der Waals surface area contributed by atoms with Crippen molar-refractivity contribution < 1.29 is 29.6 Å². The molecule has 0 saturated heterocycles. The average Bonchev–Trinajstić information content (AvgIpc) is 2.72. The fourth-order valence-corrected chi connectivity index (χ4v) is 2.60. The third kappa shape index (κ3) is 16.2. The Morgan fingerprint density at radius 3 is 2.12 bits per heavy atom. The SMILES string of the molecule is C=CCN(C)CC=CCOc1ccc(C(C)(O)CCC=C(C)C)cc1.O=C(O)C=CC(=O)O. The summed E-state index contributed by atoms with van der Waals surface area (Å²) >= 11 is 0. The Hall–Kier alpha value is -3.16. The molecule has 0 aliphatic carbocycles. The Labute approximate surface area is 197 Å². The van der Waals surface area contributed by atoms with Crippen LogP contribution in [0.4, 0.5) is 0 Å². The summed E-state index contributed by atoms with van der Waals surface area (Å²) in [5.41, 5.74) is 1.38. The lowest BCUT2D eigenvalue weighted by molar-refractivity contribution is -0.134. The van der Waals surface area contributed by atoms with Gasteiger partial charge in [0, 0.05) is 25.2 Å². The Kier molecular flexibility index (Phi) is 14.9. The molecule has 1 atom stereocenters. The van der Waals surface area contributed by atoms with Crippen LogP contribution < -0.4 is 4.74 Å². The maximum Gasteiger partial charge on any atom is 0.328 e. The van der Waals surface area contributed by atoms with Crippen LogP contribution in [0.1, 0.15) is 39.2 Å². The van der Waals surface area contributed by atoms with Gasteiger partial charge in [0.15, 0.2) is 0 Å². The first-order chi connectivity index (χ1) is 15.5. The molecule has 182 valence electrons. The molecule has 0 fully saturated rings. The summed E-state index contributed by atoms with van der Waals surface area (Å²) < 4.78 is 5.71. The smallest absolute Gasteiger partial charge is 0.328 e. The topological polar surface area (TPSA) is 107 Å². The van der Waals surface area contributed by atoms with Crippen molar-refractivity contribution in [2.75, 3.05) is 26.7 Å². The van der Waals surface area contributed by atoms with Gasteiger partial charge in [-0.05, 0) is 58.4 Å². The summed E-state index contributed by atoms with van der Waals surface area (Å²) in [4.78, 5) is 21.3. The highest BCUT2D eigenvalue weighted by Gasteiger charge is 2.21. The zero-order valence-electron chi connectivity index (χ0n) is 20.0. The number of nitrogens with zero attached hydrogens (tertiary/aromatic N) is 1. The van der Waals surface area contributed by atoms with Crippen molar-refractivity contribution in [3.63, 3.8) is 0 Å². The number of rotatable bonds is 13. The van der Waals surface area contributed by atoms with Gasteiger partial charge in [0.1, 0.15) is 12.4 Å². The van der Waals surface area contributed by atoms with Gasteiger partial charge in [0.25, 0.3) is 0 Å². The molecule has 0 aromatic heterocycles. The van der Waals surface area contributed by atoms with E-state index in [4.69, 9.17) is 14.9 Å². The molecule has 0 aliphatic heterocycles. The molecule has 0 radical (unpaired) electrons. The minimum absolute atomic E-state index is 0.540. The van der Waals surface area contributed by atoms with Crippen LogP contribution in [0, 0.1) is 0 Å². The third-order valence-electron chi connectivity index (χ3n) is 4.40. The van der Waals surface area contributed by atoms with E-state index >= 15 is 0 Å². The number of carboxylic acids is 2. The summed E-state index contributed by atoms with van der Waals surface area (Å²) in [6, 6.07) is 7.73. The Bertz CT molecular complexity index is 802. The van der Waals surface area contributed by atoms with Crippen LogP contribution in [0.15, 0.2) is 72.9 Å². The van der Waals surface area contributed by atoms with E-state index < -0.39 is 17.5 Å². The number of carboxylic acid groups (broad SMARTS) is 2. The van der Waals surface area contributed by atoms with E-state index in [9.17, 15) is 14.7 Å². The van der Waals surface area contributed by atoms with Crippen LogP contribution in [-0.4, -0.2) is 58.9 Å². The predicted molar refractivity (Wildman–Crippen MR) is 131 cm³/mol. The highest BCUT2D eigenvalue weighted by Crippen LogP contribution is 2.28. The van der Waals surface area contributed by atoms with Crippen molar-refractivity contribution in [3.8, 4) is 5.75 Å². The van der Waals surface area contributed by atoms with Gasteiger partial charge < -0.3 is 20.1 Å². The van der Waals surface area contributed by atoms with E-state index in [1.165, 1.54) is 5.57 Å². The molecule has 1 aromatic rings. The minimum atomic E-state index is -1.26. The lowest BCUT2D eigenvalue weighted by atomic mass is 9.91. The van der Waals surface area contributed by atoms with Crippen LogP contribution in [0.25, 0.3) is 0 Å². The van der Waals surface area contributed by atoms with Gasteiger partial charge in [-0.2, -0.15) is 0 Å². The van der Waals surface area contributed by atoms with Gasteiger partial charge >= 0.3 is 11.9 Å². The fraction of sp³-hybridized carbons (Fsp3) is 0.385. The Morgan fingerprint density at radius 2 is 1.64 bits per heavy atom. The lowest BCUT2D eigenvalue weighted by Crippen LogP contribution is -2.20. The number of hydrogen-bond acceptors (Lipinski definition) is 5. The summed E-state index contributed by atoms with van der Waals surface area (Å²) in [6.07, 6.45) is 10.9. The molecule has 1 aromatic carbocycles. The minimum Gasteiger partial charge on any atom is -0.490 e. The fourth-order valence-electron chi connectivity index (χ4n) is 2.60. The van der Waals surface area contributed by atoms with Gasteiger partial charge in [0.2, 0.25) is 0 Å². The van der Waals surface area contributed by atoms with Crippen molar-refractivity contribution in [1.82, 2.24) is 4.90 Å². The van der Waals surface area contributed by atoms with Crippen molar-refractivity contribution in [2.45, 2.75) is 39.2 Å². The maximum atomic E-state index is 10.6. The zero-order chi connectivity index (χ0) is 25.3. The largest absolute Gasteiger partial charge is 0.490 e. The lowest BCUT2D eigenvalue weighted by Gasteiger charge is -2.23. The number of likely N-dealkylation sites (N-methyl/N-ethyl adjacent to an activating group) is 1. The van der Waals surface area contributed by atoms with E-state index in [-0.39, 0.29) is 0 Å². The third-order valence-corrected chi connectivity index (χ3v) is 4.40. The van der Waals surface area contributed by atoms with E-state index in [2.05, 4.69) is 44.5 Å². The number of benzene rings is 1. The first-order valence-electron chi connectivity index (χ1n) is 10.7. The van der Waals surface area contributed by atoms with Crippen LogP contribution in [0.3, 0.4) is 0 Å². The molecule has 0 saturated carbocycles. The molecule has 0 heterocycles. The Balaban J connectivity index is 0.00000109. The van der Waals surface area contributed by atoms with Gasteiger partial charge in [-0.25, -0.2) is 9.59 Å². The van der Waals surface area contributed by atoms with Gasteiger partial charge in [-0.15, -0.1) is 6.58 Å². The molecule has 0 bridgehead atoms. The van der Waals surface area contributed by atoms with Crippen molar-refractivity contribution >= 4 is 11.9 Å². The van der Waals surface area contributed by atoms with Crippen molar-refractivity contribution in [1.29, 1.82) is 0 Å². The summed E-state index contributed by atoms with van der Waals surface area (Å²) in [5.74, 6) is -1.70. The molecule has 1 unspecified atom stereocenters. The second kappa shape index (κ2) is 16.5. The quantitative estimate of drug-likeness (QED) is 0.296. The molecule has 33 heavy (non-hydrogen) atoms. The number of carbonyl (C=O) groups is 2.